The van der Waals surface area contributed by atoms with Gasteiger partial charge in [0, 0.05) is 0 Å². The van der Waals surface area contributed by atoms with Gasteiger partial charge in [-0.3, -0.25) is 0 Å². The maximum absolute atomic E-state index is 9.83. The van der Waals surface area contributed by atoms with E-state index in [0.717, 1.165) is 5.56 Å². The summed E-state index contributed by atoms with van der Waals surface area (Å²) in [4.78, 5) is 0. The van der Waals surface area contributed by atoms with Crippen molar-refractivity contribution in [2.75, 3.05) is 6.61 Å². The van der Waals surface area contributed by atoms with E-state index in [0.29, 0.717) is 5.75 Å². The van der Waals surface area contributed by atoms with Gasteiger partial charge in [-0.1, -0.05) is 18.2 Å². The van der Waals surface area contributed by atoms with Crippen molar-refractivity contribution in [3.05, 3.63) is 29.8 Å². The van der Waals surface area contributed by atoms with Crippen molar-refractivity contribution >= 4 is 0 Å². The van der Waals surface area contributed by atoms with E-state index < -0.39 is 37.3 Å². The molecule has 4 N–H and O–H groups in total. The highest BCUT2D eigenvalue weighted by Crippen LogP contribution is 2.25. The van der Waals surface area contributed by atoms with Crippen LogP contribution in [0.5, 0.6) is 5.75 Å². The van der Waals surface area contributed by atoms with Gasteiger partial charge in [0.25, 0.3) is 0 Å². The number of aryl methyl sites for hydroxylation is 1. The molecule has 0 unspecified atom stereocenters. The second-order valence-electron chi connectivity index (χ2n) is 4.58. The molecule has 0 radical (unpaired) electrons. The van der Waals surface area contributed by atoms with E-state index in [2.05, 4.69) is 0 Å². The molecular weight excluding hydrogens is 252 g/mol. The van der Waals surface area contributed by atoms with Crippen molar-refractivity contribution in [3.63, 3.8) is 0 Å². The fourth-order valence-electron chi connectivity index (χ4n) is 1.98. The molecule has 1 aliphatic rings. The number of para-hydroxylation sites is 1. The van der Waals surface area contributed by atoms with Crippen molar-refractivity contribution in [1.82, 2.24) is 0 Å². The third-order valence-electron chi connectivity index (χ3n) is 3.19. The van der Waals surface area contributed by atoms with Gasteiger partial charge in [-0.2, -0.15) is 0 Å². The summed E-state index contributed by atoms with van der Waals surface area (Å²) >= 11 is 0. The van der Waals surface area contributed by atoms with Crippen LogP contribution in [-0.4, -0.2) is 57.7 Å². The molecule has 0 amide bonds. The number of ether oxygens (including phenoxy) is 2. The van der Waals surface area contributed by atoms with E-state index in [1.807, 2.05) is 19.1 Å². The van der Waals surface area contributed by atoms with Crippen molar-refractivity contribution in [2.45, 2.75) is 37.6 Å². The lowest BCUT2D eigenvalue weighted by Gasteiger charge is -2.39. The summed E-state index contributed by atoms with van der Waals surface area (Å²) in [6, 6.07) is 7.15. The van der Waals surface area contributed by atoms with Gasteiger partial charge >= 0.3 is 0 Å². The van der Waals surface area contributed by atoms with Crippen molar-refractivity contribution in [3.8, 4) is 5.75 Å². The average Bonchev–Trinajstić information content (AvgIpc) is 2.41. The second kappa shape index (κ2) is 5.85. The molecule has 19 heavy (non-hydrogen) atoms. The van der Waals surface area contributed by atoms with Crippen molar-refractivity contribution in [1.29, 1.82) is 0 Å². The predicted octanol–water partition coefficient (Wildman–Crippen LogP) is -0.826. The van der Waals surface area contributed by atoms with Gasteiger partial charge in [-0.25, -0.2) is 0 Å². The van der Waals surface area contributed by atoms with Crippen molar-refractivity contribution < 1.29 is 29.9 Å². The van der Waals surface area contributed by atoms with Crippen LogP contribution < -0.4 is 4.74 Å². The Morgan fingerprint density at radius 3 is 2.42 bits per heavy atom. The Bertz CT molecular complexity index is 421. The van der Waals surface area contributed by atoms with Gasteiger partial charge in [0.2, 0.25) is 6.29 Å². The smallest absolute Gasteiger partial charge is 0.229 e. The summed E-state index contributed by atoms with van der Waals surface area (Å²) in [7, 11) is 0. The van der Waals surface area contributed by atoms with Gasteiger partial charge in [0.05, 0.1) is 6.61 Å². The zero-order valence-corrected chi connectivity index (χ0v) is 10.5. The third-order valence-corrected chi connectivity index (χ3v) is 3.19. The molecule has 0 aromatic heterocycles. The molecule has 0 saturated carbocycles. The summed E-state index contributed by atoms with van der Waals surface area (Å²) in [5.41, 5.74) is 0.847. The first kappa shape index (κ1) is 14.2. The topological polar surface area (TPSA) is 99.4 Å². The molecule has 1 aromatic carbocycles. The van der Waals surface area contributed by atoms with Gasteiger partial charge in [0.15, 0.2) is 0 Å². The molecular formula is C13H18O6. The molecule has 6 nitrogen and oxygen atoms in total. The van der Waals surface area contributed by atoms with Crippen LogP contribution in [0.25, 0.3) is 0 Å². The highest BCUT2D eigenvalue weighted by molar-refractivity contribution is 5.31. The minimum absolute atomic E-state index is 0.474. The summed E-state index contributed by atoms with van der Waals surface area (Å²) in [6.45, 7) is 1.36. The molecule has 6 heteroatoms. The van der Waals surface area contributed by atoms with Gasteiger partial charge in [0.1, 0.15) is 30.2 Å². The molecule has 1 saturated heterocycles. The lowest BCUT2D eigenvalue weighted by molar-refractivity contribution is -0.277. The fourth-order valence-corrected chi connectivity index (χ4v) is 1.98. The molecule has 106 valence electrons. The zero-order chi connectivity index (χ0) is 14.0. The lowest BCUT2D eigenvalue weighted by Crippen LogP contribution is -2.60. The molecule has 0 aliphatic carbocycles. The minimum atomic E-state index is -1.43. The molecule has 5 atom stereocenters. The Morgan fingerprint density at radius 1 is 1.11 bits per heavy atom. The molecule has 1 aliphatic heterocycles. The first-order valence-corrected chi connectivity index (χ1v) is 6.07. The number of aliphatic hydroxyl groups excluding tert-OH is 4. The van der Waals surface area contributed by atoms with Crippen LogP contribution in [0.2, 0.25) is 0 Å². The van der Waals surface area contributed by atoms with E-state index in [1.54, 1.807) is 12.1 Å². The zero-order valence-electron chi connectivity index (χ0n) is 10.5. The lowest BCUT2D eigenvalue weighted by atomic mass is 9.99. The summed E-state index contributed by atoms with van der Waals surface area (Å²) in [6.07, 6.45) is -6.31. The first-order chi connectivity index (χ1) is 9.04. The van der Waals surface area contributed by atoms with Crippen LogP contribution in [0.1, 0.15) is 5.56 Å². The van der Waals surface area contributed by atoms with Gasteiger partial charge in [-0.05, 0) is 18.6 Å². The van der Waals surface area contributed by atoms with E-state index in [1.165, 1.54) is 0 Å². The predicted molar refractivity (Wildman–Crippen MR) is 65.6 cm³/mol. The maximum Gasteiger partial charge on any atom is 0.229 e. The molecule has 0 bridgehead atoms. The van der Waals surface area contributed by atoms with Crippen molar-refractivity contribution in [2.24, 2.45) is 0 Å². The van der Waals surface area contributed by atoms with Crippen LogP contribution in [0.3, 0.4) is 0 Å². The quantitative estimate of drug-likeness (QED) is 0.572. The molecule has 0 spiro atoms. The number of hydrogen-bond donors (Lipinski definition) is 4. The Kier molecular flexibility index (Phi) is 4.38. The molecule has 2 rings (SSSR count). The number of hydrogen-bond acceptors (Lipinski definition) is 6. The number of benzene rings is 1. The van der Waals surface area contributed by atoms with Crippen LogP contribution in [0.4, 0.5) is 0 Å². The fraction of sp³-hybridized carbons (Fsp3) is 0.538. The van der Waals surface area contributed by atoms with Crippen LogP contribution >= 0.6 is 0 Å². The Labute approximate surface area is 110 Å². The molecule has 1 fully saturated rings. The van der Waals surface area contributed by atoms with Crippen LogP contribution in [0.15, 0.2) is 24.3 Å². The van der Waals surface area contributed by atoms with E-state index in [9.17, 15) is 15.3 Å². The van der Waals surface area contributed by atoms with E-state index in [4.69, 9.17) is 14.6 Å². The normalized spacial score (nSPS) is 35.1. The van der Waals surface area contributed by atoms with E-state index >= 15 is 0 Å². The number of aliphatic hydroxyl groups is 4. The monoisotopic (exact) mass is 270 g/mol. The first-order valence-electron chi connectivity index (χ1n) is 6.07. The Balaban J connectivity index is 2.13. The minimum Gasteiger partial charge on any atom is -0.462 e. The summed E-state index contributed by atoms with van der Waals surface area (Å²) in [5, 5.41) is 38.2. The summed E-state index contributed by atoms with van der Waals surface area (Å²) < 4.78 is 10.8. The molecule has 1 aromatic rings. The van der Waals surface area contributed by atoms with Gasteiger partial charge in [-0.15, -0.1) is 0 Å². The SMILES string of the molecule is Cc1ccccc1O[C@@H]1O[C@H](CO)[C@@H](O)[C@H](O)[C@@H]1O. The highest BCUT2D eigenvalue weighted by atomic mass is 16.7. The van der Waals surface area contributed by atoms with Gasteiger partial charge < -0.3 is 29.9 Å². The van der Waals surface area contributed by atoms with Crippen LogP contribution in [-0.2, 0) is 4.74 Å². The van der Waals surface area contributed by atoms with E-state index in [-0.39, 0.29) is 0 Å². The molecule has 1 heterocycles. The Morgan fingerprint density at radius 2 is 1.79 bits per heavy atom. The standard InChI is InChI=1S/C13H18O6/c1-7-4-2-3-5-8(7)18-13-12(17)11(16)10(15)9(6-14)19-13/h2-5,9-17H,6H2,1H3/t9-,10-,11+,12+,13-/m1/s1. The van der Waals surface area contributed by atoms with Crippen LogP contribution in [0, 0.1) is 6.92 Å². The Hall–Kier alpha value is -1.18. The largest absolute Gasteiger partial charge is 0.462 e. The highest BCUT2D eigenvalue weighted by Gasteiger charge is 2.44. The average molecular weight is 270 g/mol. The third kappa shape index (κ3) is 2.88. The number of rotatable bonds is 3. The summed E-state index contributed by atoms with van der Waals surface area (Å²) in [5.74, 6) is 0.506. The maximum atomic E-state index is 9.83. The second-order valence-corrected chi connectivity index (χ2v) is 4.58.